The van der Waals surface area contributed by atoms with E-state index in [1.54, 1.807) is 6.33 Å². The summed E-state index contributed by atoms with van der Waals surface area (Å²) in [6, 6.07) is 10.2. The van der Waals surface area contributed by atoms with Gasteiger partial charge in [0, 0.05) is 30.9 Å². The first-order valence-electron chi connectivity index (χ1n) is 9.20. The molecule has 8 nitrogen and oxygen atoms in total. The summed E-state index contributed by atoms with van der Waals surface area (Å²) in [6.07, 6.45) is 7.96. The van der Waals surface area contributed by atoms with Crippen molar-refractivity contribution < 1.29 is 0 Å². The van der Waals surface area contributed by atoms with Gasteiger partial charge in [0.25, 0.3) is 0 Å². The molecule has 0 radical (unpaired) electrons. The van der Waals surface area contributed by atoms with Gasteiger partial charge in [0.15, 0.2) is 0 Å². The van der Waals surface area contributed by atoms with Gasteiger partial charge in [-0.25, -0.2) is 4.98 Å². The van der Waals surface area contributed by atoms with E-state index in [4.69, 9.17) is 11.5 Å². The van der Waals surface area contributed by atoms with Crippen LogP contribution in [0.15, 0.2) is 42.9 Å². The Labute approximate surface area is 158 Å². The van der Waals surface area contributed by atoms with Crippen molar-refractivity contribution in [1.29, 1.82) is 0 Å². The molecule has 4 rings (SSSR count). The van der Waals surface area contributed by atoms with Crippen LogP contribution in [0.4, 0.5) is 17.6 Å². The maximum atomic E-state index is 6.01. The van der Waals surface area contributed by atoms with Crippen molar-refractivity contribution in [2.75, 3.05) is 17.7 Å². The molecule has 8 heteroatoms. The van der Waals surface area contributed by atoms with Crippen LogP contribution in [0, 0.1) is 0 Å². The lowest BCUT2D eigenvalue weighted by molar-refractivity contribution is 0.391. The van der Waals surface area contributed by atoms with Crippen LogP contribution in [0.25, 0.3) is 5.95 Å². The Morgan fingerprint density at radius 1 is 1.04 bits per heavy atom. The molecule has 1 aliphatic rings. The molecule has 1 aliphatic carbocycles. The molecule has 1 saturated carbocycles. The Morgan fingerprint density at radius 2 is 1.78 bits per heavy atom. The van der Waals surface area contributed by atoms with E-state index in [1.165, 1.54) is 0 Å². The summed E-state index contributed by atoms with van der Waals surface area (Å²) < 4.78 is 1.81. The standard InChI is InChI=1S/C19H24N8/c1-26(15-5-3-2-4-6-15)18-23-17(21)24-19(25-18)27-11-16(22-12-27)13-7-9-14(20)10-8-13/h2-6,11-14H,7-10,20H2,1H3,(H2,21,23,24,25). The van der Waals surface area contributed by atoms with Gasteiger partial charge in [-0.1, -0.05) is 18.2 Å². The molecule has 27 heavy (non-hydrogen) atoms. The van der Waals surface area contributed by atoms with Gasteiger partial charge >= 0.3 is 0 Å². The zero-order valence-electron chi connectivity index (χ0n) is 15.4. The van der Waals surface area contributed by atoms with Crippen LogP contribution >= 0.6 is 0 Å². The molecule has 3 aromatic rings. The van der Waals surface area contributed by atoms with Crippen LogP contribution in [0.1, 0.15) is 37.3 Å². The first kappa shape index (κ1) is 17.4. The minimum Gasteiger partial charge on any atom is -0.368 e. The van der Waals surface area contributed by atoms with Gasteiger partial charge in [-0.2, -0.15) is 15.0 Å². The van der Waals surface area contributed by atoms with Crippen LogP contribution < -0.4 is 16.4 Å². The van der Waals surface area contributed by atoms with Crippen molar-refractivity contribution in [2.24, 2.45) is 5.73 Å². The number of rotatable bonds is 4. The van der Waals surface area contributed by atoms with Gasteiger partial charge < -0.3 is 16.4 Å². The molecule has 0 bridgehead atoms. The van der Waals surface area contributed by atoms with Crippen LogP contribution in [0.3, 0.4) is 0 Å². The number of hydrogen-bond donors (Lipinski definition) is 2. The summed E-state index contributed by atoms with van der Waals surface area (Å²) in [5.74, 6) is 1.57. The second kappa shape index (κ2) is 7.32. The van der Waals surface area contributed by atoms with Crippen LogP contribution in [-0.4, -0.2) is 37.6 Å². The van der Waals surface area contributed by atoms with Crippen LogP contribution in [0.2, 0.25) is 0 Å². The van der Waals surface area contributed by atoms with Gasteiger partial charge in [-0.05, 0) is 37.8 Å². The Hall–Kier alpha value is -3.00. The molecule has 4 N–H and O–H groups in total. The Balaban J connectivity index is 1.60. The lowest BCUT2D eigenvalue weighted by atomic mass is 9.85. The molecular weight excluding hydrogens is 340 g/mol. The quantitative estimate of drug-likeness (QED) is 0.731. The number of nitrogen functional groups attached to an aromatic ring is 1. The highest BCUT2D eigenvalue weighted by Gasteiger charge is 2.22. The SMILES string of the molecule is CN(c1ccccc1)c1nc(N)nc(-n2cnc(C3CCC(N)CC3)c2)n1. The second-order valence-electron chi connectivity index (χ2n) is 7.01. The van der Waals surface area contributed by atoms with Gasteiger partial charge in [0.1, 0.15) is 6.33 Å². The van der Waals surface area contributed by atoms with Crippen molar-refractivity contribution in [3.63, 3.8) is 0 Å². The van der Waals surface area contributed by atoms with E-state index in [1.807, 2.05) is 53.0 Å². The number of benzene rings is 1. The van der Waals surface area contributed by atoms with Gasteiger partial charge in [0.05, 0.1) is 5.69 Å². The first-order chi connectivity index (χ1) is 13.1. The normalized spacial score (nSPS) is 19.8. The van der Waals surface area contributed by atoms with Crippen molar-refractivity contribution >= 4 is 17.6 Å². The van der Waals surface area contributed by atoms with Crippen molar-refractivity contribution in [2.45, 2.75) is 37.6 Å². The minimum atomic E-state index is 0.177. The fraction of sp³-hybridized carbons (Fsp3) is 0.368. The number of nitrogens with two attached hydrogens (primary N) is 2. The van der Waals surface area contributed by atoms with Crippen molar-refractivity contribution in [3.8, 4) is 5.95 Å². The number of aromatic nitrogens is 5. The third-order valence-corrected chi connectivity index (χ3v) is 5.10. The molecule has 2 heterocycles. The highest BCUT2D eigenvalue weighted by atomic mass is 15.3. The average Bonchev–Trinajstić information content (AvgIpc) is 3.18. The van der Waals surface area contributed by atoms with Crippen molar-refractivity contribution in [1.82, 2.24) is 24.5 Å². The molecule has 0 amide bonds. The van der Waals surface area contributed by atoms with E-state index < -0.39 is 0 Å². The molecule has 0 unspecified atom stereocenters. The fourth-order valence-corrected chi connectivity index (χ4v) is 3.48. The molecule has 1 aromatic carbocycles. The molecule has 0 saturated heterocycles. The second-order valence-corrected chi connectivity index (χ2v) is 7.01. The van der Waals surface area contributed by atoms with Crippen LogP contribution in [0.5, 0.6) is 0 Å². The average molecular weight is 364 g/mol. The number of imidazole rings is 1. The highest BCUT2D eigenvalue weighted by molar-refractivity contribution is 5.57. The maximum absolute atomic E-state index is 6.01. The summed E-state index contributed by atoms with van der Waals surface area (Å²) in [5.41, 5.74) is 14.0. The summed E-state index contributed by atoms with van der Waals surface area (Å²) >= 11 is 0. The lowest BCUT2D eigenvalue weighted by Crippen LogP contribution is -2.25. The van der Waals surface area contributed by atoms with E-state index in [0.29, 0.717) is 23.9 Å². The minimum absolute atomic E-state index is 0.177. The van der Waals surface area contributed by atoms with Gasteiger partial charge in [-0.15, -0.1) is 0 Å². The zero-order chi connectivity index (χ0) is 18.8. The topological polar surface area (TPSA) is 112 Å². The Kier molecular flexibility index (Phi) is 4.72. The molecule has 140 valence electrons. The van der Waals surface area contributed by atoms with E-state index >= 15 is 0 Å². The third kappa shape index (κ3) is 3.75. The summed E-state index contributed by atoms with van der Waals surface area (Å²) in [7, 11) is 1.90. The number of nitrogens with zero attached hydrogens (tertiary/aromatic N) is 6. The number of anilines is 3. The first-order valence-corrected chi connectivity index (χ1v) is 9.20. The summed E-state index contributed by atoms with van der Waals surface area (Å²) in [5, 5.41) is 0. The van der Waals surface area contributed by atoms with Gasteiger partial charge in [0.2, 0.25) is 17.8 Å². The van der Waals surface area contributed by atoms with E-state index in [0.717, 1.165) is 37.1 Å². The number of hydrogen-bond acceptors (Lipinski definition) is 7. The molecule has 1 fully saturated rings. The number of para-hydroxylation sites is 1. The summed E-state index contributed by atoms with van der Waals surface area (Å²) in [6.45, 7) is 0. The van der Waals surface area contributed by atoms with E-state index in [-0.39, 0.29) is 5.95 Å². The molecule has 0 spiro atoms. The van der Waals surface area contributed by atoms with Crippen molar-refractivity contribution in [3.05, 3.63) is 48.5 Å². The smallest absolute Gasteiger partial charge is 0.241 e. The van der Waals surface area contributed by atoms with E-state index in [9.17, 15) is 0 Å². The molecule has 0 atom stereocenters. The predicted molar refractivity (Wildman–Crippen MR) is 105 cm³/mol. The predicted octanol–water partition coefficient (Wildman–Crippen LogP) is 2.39. The van der Waals surface area contributed by atoms with Gasteiger partial charge in [-0.3, -0.25) is 4.57 Å². The zero-order valence-corrected chi connectivity index (χ0v) is 15.4. The molecule has 0 aliphatic heterocycles. The highest BCUT2D eigenvalue weighted by Crippen LogP contribution is 2.31. The molecule has 2 aromatic heterocycles. The van der Waals surface area contributed by atoms with E-state index in [2.05, 4.69) is 19.9 Å². The maximum Gasteiger partial charge on any atom is 0.241 e. The lowest BCUT2D eigenvalue weighted by Gasteiger charge is -2.24. The summed E-state index contributed by atoms with van der Waals surface area (Å²) in [4.78, 5) is 19.6. The largest absolute Gasteiger partial charge is 0.368 e. The Bertz CT molecular complexity index is 899. The Morgan fingerprint density at radius 3 is 2.52 bits per heavy atom. The monoisotopic (exact) mass is 364 g/mol. The molecular formula is C19H24N8. The fourth-order valence-electron chi connectivity index (χ4n) is 3.48. The van der Waals surface area contributed by atoms with Crippen LogP contribution in [-0.2, 0) is 0 Å². The third-order valence-electron chi connectivity index (χ3n) is 5.10.